The summed E-state index contributed by atoms with van der Waals surface area (Å²) in [6.07, 6.45) is 3.34. The zero-order valence-electron chi connectivity index (χ0n) is 13.1. The van der Waals surface area contributed by atoms with Gasteiger partial charge in [-0.15, -0.1) is 0 Å². The summed E-state index contributed by atoms with van der Waals surface area (Å²) in [7, 11) is 0. The van der Waals surface area contributed by atoms with Crippen LogP contribution in [0.3, 0.4) is 0 Å². The van der Waals surface area contributed by atoms with Crippen LogP contribution in [0.25, 0.3) is 0 Å². The molecule has 2 rings (SSSR count). The van der Waals surface area contributed by atoms with Gasteiger partial charge < -0.3 is 4.90 Å². The fourth-order valence-electron chi connectivity index (χ4n) is 2.81. The molecule has 1 amide bonds. The van der Waals surface area contributed by atoms with Crippen molar-refractivity contribution >= 4 is 17.5 Å². The summed E-state index contributed by atoms with van der Waals surface area (Å²) in [5, 5.41) is 4.21. The van der Waals surface area contributed by atoms with Crippen LogP contribution in [0.4, 0.5) is 0 Å². The molecule has 1 aromatic carbocycles. The van der Waals surface area contributed by atoms with E-state index in [0.717, 1.165) is 36.4 Å². The zero-order chi connectivity index (χ0) is 15.4. The first-order valence-electron chi connectivity index (χ1n) is 7.86. The minimum absolute atomic E-state index is 0.0287. The molecule has 0 bridgehead atoms. The zero-order valence-corrected chi connectivity index (χ0v) is 13.9. The van der Waals surface area contributed by atoms with Crippen LogP contribution >= 0.6 is 11.6 Å². The second-order valence-electron chi connectivity index (χ2n) is 6.08. The van der Waals surface area contributed by atoms with Gasteiger partial charge >= 0.3 is 0 Å². The number of unbranched alkanes of at least 4 members (excludes halogenated alkanes) is 2. The van der Waals surface area contributed by atoms with E-state index < -0.39 is 0 Å². The molecule has 0 saturated carbocycles. The van der Waals surface area contributed by atoms with E-state index in [1.54, 1.807) is 0 Å². The quantitative estimate of drug-likeness (QED) is 0.806. The second-order valence-corrected chi connectivity index (χ2v) is 6.52. The van der Waals surface area contributed by atoms with Gasteiger partial charge in [0.05, 0.1) is 6.04 Å². The third-order valence-electron chi connectivity index (χ3n) is 4.05. The van der Waals surface area contributed by atoms with Crippen molar-refractivity contribution in [2.45, 2.75) is 52.2 Å². The van der Waals surface area contributed by atoms with Crippen molar-refractivity contribution in [1.82, 2.24) is 10.2 Å². The molecular weight excluding hydrogens is 284 g/mol. The molecule has 2 atom stereocenters. The topological polar surface area (TPSA) is 32.3 Å². The number of carbonyl (C=O) groups is 1. The van der Waals surface area contributed by atoms with E-state index in [9.17, 15) is 4.79 Å². The SMILES string of the molecule is CCCCCN1C(=O)C(C(C)C)NC1c1ccc(Cl)cc1. The average molecular weight is 309 g/mol. The highest BCUT2D eigenvalue weighted by atomic mass is 35.5. The van der Waals surface area contributed by atoms with E-state index in [2.05, 4.69) is 26.1 Å². The van der Waals surface area contributed by atoms with E-state index in [0.29, 0.717) is 5.92 Å². The van der Waals surface area contributed by atoms with Gasteiger partial charge in [-0.05, 0) is 30.0 Å². The van der Waals surface area contributed by atoms with E-state index in [1.165, 1.54) is 0 Å². The Balaban J connectivity index is 2.18. The predicted molar refractivity (Wildman–Crippen MR) is 87.2 cm³/mol. The van der Waals surface area contributed by atoms with Gasteiger partial charge in [0.2, 0.25) is 5.91 Å². The van der Waals surface area contributed by atoms with E-state index in [4.69, 9.17) is 11.6 Å². The molecule has 21 heavy (non-hydrogen) atoms. The van der Waals surface area contributed by atoms with Crippen LogP contribution in [0, 0.1) is 5.92 Å². The molecular formula is C17H25ClN2O. The maximum atomic E-state index is 12.6. The largest absolute Gasteiger partial charge is 0.322 e. The molecule has 0 aliphatic carbocycles. The number of carbonyl (C=O) groups excluding carboxylic acids is 1. The lowest BCUT2D eigenvalue weighted by molar-refractivity contribution is -0.130. The van der Waals surface area contributed by atoms with Gasteiger partial charge in [-0.1, -0.05) is 57.3 Å². The monoisotopic (exact) mass is 308 g/mol. The summed E-state index contributed by atoms with van der Waals surface area (Å²) in [6.45, 7) is 7.17. The van der Waals surface area contributed by atoms with Crippen LogP contribution in [0.2, 0.25) is 5.02 Å². The number of halogens is 1. The van der Waals surface area contributed by atoms with Gasteiger partial charge in [-0.25, -0.2) is 0 Å². The maximum Gasteiger partial charge on any atom is 0.241 e. The molecule has 2 unspecified atom stereocenters. The van der Waals surface area contributed by atoms with Crippen LogP contribution in [-0.4, -0.2) is 23.4 Å². The van der Waals surface area contributed by atoms with Crippen LogP contribution in [-0.2, 0) is 4.79 Å². The van der Waals surface area contributed by atoms with Gasteiger partial charge in [0, 0.05) is 11.6 Å². The first-order chi connectivity index (χ1) is 10.0. The Kier molecular flexibility index (Phi) is 5.65. The number of hydrogen-bond donors (Lipinski definition) is 1. The number of hydrogen-bond acceptors (Lipinski definition) is 2. The van der Waals surface area contributed by atoms with Crippen molar-refractivity contribution < 1.29 is 4.79 Å². The molecule has 1 aliphatic rings. The Morgan fingerprint density at radius 1 is 1.24 bits per heavy atom. The van der Waals surface area contributed by atoms with Crippen molar-refractivity contribution in [3.8, 4) is 0 Å². The molecule has 0 aromatic heterocycles. The fraction of sp³-hybridized carbons (Fsp3) is 0.588. The summed E-state index contributed by atoms with van der Waals surface area (Å²) in [6, 6.07) is 7.68. The number of rotatable bonds is 6. The van der Waals surface area contributed by atoms with Crippen molar-refractivity contribution in [3.05, 3.63) is 34.9 Å². The standard InChI is InChI=1S/C17H25ClN2O/c1-4-5-6-11-20-16(13-7-9-14(18)10-8-13)19-15(12(2)3)17(20)21/h7-10,12,15-16,19H,4-6,11H2,1-3H3. The average Bonchev–Trinajstić information content (AvgIpc) is 2.78. The maximum absolute atomic E-state index is 12.6. The Bertz CT molecular complexity index is 472. The molecule has 3 nitrogen and oxygen atoms in total. The van der Waals surface area contributed by atoms with E-state index in [-0.39, 0.29) is 18.1 Å². The number of nitrogens with zero attached hydrogens (tertiary/aromatic N) is 1. The minimum Gasteiger partial charge on any atom is -0.322 e. The van der Waals surface area contributed by atoms with Crippen molar-refractivity contribution in [3.63, 3.8) is 0 Å². The first kappa shape index (κ1) is 16.3. The molecule has 1 saturated heterocycles. The van der Waals surface area contributed by atoms with Crippen LogP contribution in [0.15, 0.2) is 24.3 Å². The lowest BCUT2D eigenvalue weighted by Crippen LogP contribution is -2.34. The first-order valence-corrected chi connectivity index (χ1v) is 8.24. The highest BCUT2D eigenvalue weighted by molar-refractivity contribution is 6.30. The highest BCUT2D eigenvalue weighted by Gasteiger charge is 2.40. The molecule has 0 spiro atoms. The minimum atomic E-state index is -0.0905. The van der Waals surface area contributed by atoms with Crippen molar-refractivity contribution in [2.75, 3.05) is 6.54 Å². The lowest BCUT2D eigenvalue weighted by atomic mass is 10.0. The fourth-order valence-corrected chi connectivity index (χ4v) is 2.93. The molecule has 1 heterocycles. The molecule has 1 fully saturated rings. The Labute approximate surface area is 132 Å². The third kappa shape index (κ3) is 3.78. The highest BCUT2D eigenvalue weighted by Crippen LogP contribution is 2.29. The molecule has 4 heteroatoms. The summed E-state index contributed by atoms with van der Waals surface area (Å²) in [5.41, 5.74) is 1.10. The van der Waals surface area contributed by atoms with Crippen LogP contribution in [0.5, 0.6) is 0 Å². The normalized spacial score (nSPS) is 22.3. The summed E-state index contributed by atoms with van der Waals surface area (Å²) < 4.78 is 0. The summed E-state index contributed by atoms with van der Waals surface area (Å²) in [5.74, 6) is 0.518. The number of nitrogens with one attached hydrogen (secondary N) is 1. The van der Waals surface area contributed by atoms with Gasteiger partial charge in [0.15, 0.2) is 0 Å². The number of amides is 1. The molecule has 0 radical (unpaired) electrons. The van der Waals surface area contributed by atoms with Gasteiger partial charge in [0.1, 0.15) is 6.17 Å². The van der Waals surface area contributed by atoms with Crippen molar-refractivity contribution in [2.24, 2.45) is 5.92 Å². The van der Waals surface area contributed by atoms with Gasteiger partial charge in [0.25, 0.3) is 0 Å². The lowest BCUT2D eigenvalue weighted by Gasteiger charge is -2.24. The van der Waals surface area contributed by atoms with Crippen molar-refractivity contribution in [1.29, 1.82) is 0 Å². The molecule has 116 valence electrons. The van der Waals surface area contributed by atoms with Gasteiger partial charge in [-0.3, -0.25) is 10.1 Å². The Hall–Kier alpha value is -1.06. The predicted octanol–water partition coefficient (Wildman–Crippen LogP) is 3.99. The van der Waals surface area contributed by atoms with E-state index >= 15 is 0 Å². The Morgan fingerprint density at radius 3 is 2.48 bits per heavy atom. The molecule has 1 aromatic rings. The van der Waals surface area contributed by atoms with Crippen LogP contribution in [0.1, 0.15) is 51.8 Å². The molecule has 1 N–H and O–H groups in total. The number of benzene rings is 1. The van der Waals surface area contributed by atoms with Crippen LogP contribution < -0.4 is 5.32 Å². The second kappa shape index (κ2) is 7.28. The molecule has 1 aliphatic heterocycles. The summed E-state index contributed by atoms with van der Waals surface area (Å²) >= 11 is 5.96. The smallest absolute Gasteiger partial charge is 0.241 e. The third-order valence-corrected chi connectivity index (χ3v) is 4.31. The summed E-state index contributed by atoms with van der Waals surface area (Å²) in [4.78, 5) is 14.6. The van der Waals surface area contributed by atoms with Gasteiger partial charge in [-0.2, -0.15) is 0 Å². The Morgan fingerprint density at radius 2 is 1.90 bits per heavy atom. The van der Waals surface area contributed by atoms with E-state index in [1.807, 2.05) is 29.2 Å².